The fraction of sp³-hybridized carbons (Fsp3) is 0.643. The van der Waals surface area contributed by atoms with Crippen LogP contribution in [0.2, 0.25) is 0 Å². The van der Waals surface area contributed by atoms with Crippen LogP contribution in [0, 0.1) is 17.3 Å². The molecule has 0 amide bonds. The number of hydrogen-bond donors (Lipinski definition) is 0. The van der Waals surface area contributed by atoms with Crippen molar-refractivity contribution < 1.29 is 4.79 Å². The second-order valence-electron chi connectivity index (χ2n) is 5.60. The number of allylic oxidation sites excluding steroid dienone is 3. The van der Waals surface area contributed by atoms with Crippen molar-refractivity contribution in [2.75, 3.05) is 0 Å². The van der Waals surface area contributed by atoms with E-state index in [2.05, 4.69) is 26.5 Å². The number of carbonyl (C=O) groups excluding carboxylic acids is 1. The lowest BCUT2D eigenvalue weighted by Crippen LogP contribution is -2.43. The molecule has 15 heavy (non-hydrogen) atoms. The van der Waals surface area contributed by atoms with Crippen LogP contribution >= 0.6 is 0 Å². The Morgan fingerprint density at radius 3 is 2.73 bits per heavy atom. The van der Waals surface area contributed by atoms with E-state index in [9.17, 15) is 4.79 Å². The van der Waals surface area contributed by atoms with Gasteiger partial charge in [0.2, 0.25) is 0 Å². The third kappa shape index (κ3) is 1.80. The molecule has 0 saturated heterocycles. The first kappa shape index (κ1) is 10.7. The first-order valence-corrected chi connectivity index (χ1v) is 5.90. The largest absolute Gasteiger partial charge is 0.295 e. The van der Waals surface area contributed by atoms with Gasteiger partial charge in [-0.3, -0.25) is 4.79 Å². The molecule has 2 aliphatic carbocycles. The van der Waals surface area contributed by atoms with Crippen LogP contribution in [0.25, 0.3) is 0 Å². The van der Waals surface area contributed by atoms with Gasteiger partial charge in [-0.2, -0.15) is 0 Å². The highest BCUT2D eigenvalue weighted by Crippen LogP contribution is 2.55. The Labute approximate surface area is 92.3 Å². The van der Waals surface area contributed by atoms with Gasteiger partial charge in [0.05, 0.1) is 0 Å². The van der Waals surface area contributed by atoms with Gasteiger partial charge in [0.15, 0.2) is 5.78 Å². The maximum absolute atomic E-state index is 11.4. The lowest BCUT2D eigenvalue weighted by atomic mass is 9.53. The Bertz CT molecular complexity index is 322. The molecular weight excluding hydrogens is 184 g/mol. The highest BCUT2D eigenvalue weighted by molar-refractivity contribution is 5.91. The molecule has 1 nitrogen and oxygen atoms in total. The van der Waals surface area contributed by atoms with Crippen molar-refractivity contribution in [3.05, 3.63) is 24.3 Å². The summed E-state index contributed by atoms with van der Waals surface area (Å²) in [5, 5.41) is 0. The summed E-state index contributed by atoms with van der Waals surface area (Å²) in [7, 11) is 0. The van der Waals surface area contributed by atoms with Crippen LogP contribution in [-0.2, 0) is 4.79 Å². The van der Waals surface area contributed by atoms with E-state index in [-0.39, 0.29) is 0 Å². The first-order valence-electron chi connectivity index (χ1n) is 5.90. The molecule has 2 aliphatic rings. The number of hydrogen-bond acceptors (Lipinski definition) is 1. The van der Waals surface area contributed by atoms with Crippen molar-refractivity contribution in [1.29, 1.82) is 0 Å². The zero-order valence-electron chi connectivity index (χ0n) is 9.75. The van der Waals surface area contributed by atoms with Crippen molar-refractivity contribution >= 4 is 5.78 Å². The Hall–Kier alpha value is -0.850. The van der Waals surface area contributed by atoms with Gasteiger partial charge < -0.3 is 0 Å². The summed E-state index contributed by atoms with van der Waals surface area (Å²) in [4.78, 5) is 11.4. The van der Waals surface area contributed by atoms with Crippen LogP contribution in [0.4, 0.5) is 0 Å². The fourth-order valence-electron chi connectivity index (χ4n) is 3.17. The van der Waals surface area contributed by atoms with E-state index in [4.69, 9.17) is 0 Å². The Balaban J connectivity index is 2.13. The van der Waals surface area contributed by atoms with Crippen molar-refractivity contribution in [2.45, 2.75) is 39.5 Å². The van der Waals surface area contributed by atoms with E-state index in [0.29, 0.717) is 23.0 Å². The second-order valence-corrected chi connectivity index (χ2v) is 5.60. The summed E-state index contributed by atoms with van der Waals surface area (Å²) in [6.07, 6.45) is 8.11. The van der Waals surface area contributed by atoms with Crippen LogP contribution in [0.5, 0.6) is 0 Å². The molecule has 0 aliphatic heterocycles. The summed E-state index contributed by atoms with van der Waals surface area (Å²) in [5.41, 5.74) is 1.77. The van der Waals surface area contributed by atoms with Gasteiger partial charge in [0, 0.05) is 6.42 Å². The summed E-state index contributed by atoms with van der Waals surface area (Å²) >= 11 is 0. The standard InChI is InChI=1S/C14H20O/c1-4-13-12(9-14(13,2)3)10-6-5-7-11(15)8-10/h4,8,12-13H,1,5-7,9H2,2-3H3/t12?,13-/m1/s1. The smallest absolute Gasteiger partial charge is 0.155 e. The molecule has 0 aromatic rings. The minimum atomic E-state index is 0.323. The SMILES string of the molecule is C=C[C@@H]1C(C2=CC(=O)CCC2)CC1(C)C. The quantitative estimate of drug-likeness (QED) is 0.629. The normalized spacial score (nSPS) is 34.3. The Morgan fingerprint density at radius 2 is 2.20 bits per heavy atom. The third-order valence-electron chi connectivity index (χ3n) is 4.05. The topological polar surface area (TPSA) is 17.1 Å². The lowest BCUT2D eigenvalue weighted by molar-refractivity contribution is -0.115. The fourth-order valence-corrected chi connectivity index (χ4v) is 3.17. The number of rotatable bonds is 2. The molecule has 0 heterocycles. The van der Waals surface area contributed by atoms with Gasteiger partial charge in [-0.15, -0.1) is 6.58 Å². The first-order chi connectivity index (χ1) is 7.04. The minimum absolute atomic E-state index is 0.323. The van der Waals surface area contributed by atoms with Crippen molar-refractivity contribution in [1.82, 2.24) is 0 Å². The molecule has 0 aromatic heterocycles. The van der Waals surface area contributed by atoms with Crippen LogP contribution < -0.4 is 0 Å². The molecule has 1 heteroatoms. The number of carbonyl (C=O) groups is 1. The maximum atomic E-state index is 11.4. The Morgan fingerprint density at radius 1 is 1.47 bits per heavy atom. The molecule has 2 atom stereocenters. The summed E-state index contributed by atoms with van der Waals surface area (Å²) in [5.74, 6) is 1.49. The summed E-state index contributed by atoms with van der Waals surface area (Å²) in [6, 6.07) is 0. The molecule has 0 N–H and O–H groups in total. The highest BCUT2D eigenvalue weighted by Gasteiger charge is 2.46. The van der Waals surface area contributed by atoms with Crippen LogP contribution in [-0.4, -0.2) is 5.78 Å². The molecule has 0 bridgehead atoms. The van der Waals surface area contributed by atoms with Gasteiger partial charge in [-0.25, -0.2) is 0 Å². The minimum Gasteiger partial charge on any atom is -0.295 e. The van der Waals surface area contributed by atoms with Crippen molar-refractivity contribution in [3.8, 4) is 0 Å². The summed E-state index contributed by atoms with van der Waals surface area (Å²) < 4.78 is 0. The molecular formula is C14H20O. The van der Waals surface area contributed by atoms with E-state index in [1.165, 1.54) is 12.0 Å². The monoisotopic (exact) mass is 204 g/mol. The zero-order chi connectivity index (χ0) is 11.1. The zero-order valence-corrected chi connectivity index (χ0v) is 9.75. The third-order valence-corrected chi connectivity index (χ3v) is 4.05. The van der Waals surface area contributed by atoms with Gasteiger partial charge in [-0.05, 0) is 42.6 Å². The molecule has 2 rings (SSSR count). The molecule has 1 fully saturated rings. The maximum Gasteiger partial charge on any atom is 0.155 e. The van der Waals surface area contributed by atoms with Crippen molar-refractivity contribution in [3.63, 3.8) is 0 Å². The molecule has 0 aromatic carbocycles. The van der Waals surface area contributed by atoms with Crippen LogP contribution in [0.3, 0.4) is 0 Å². The predicted octanol–water partition coefficient (Wildman–Crippen LogP) is 3.51. The van der Waals surface area contributed by atoms with Gasteiger partial charge in [0.25, 0.3) is 0 Å². The highest BCUT2D eigenvalue weighted by atomic mass is 16.1. The number of ketones is 1. The second kappa shape index (κ2) is 3.62. The molecule has 0 spiro atoms. The average Bonchev–Trinajstić information content (AvgIpc) is 2.15. The Kier molecular flexibility index (Phi) is 2.57. The van der Waals surface area contributed by atoms with Gasteiger partial charge >= 0.3 is 0 Å². The lowest BCUT2D eigenvalue weighted by Gasteiger charge is -2.51. The van der Waals surface area contributed by atoms with E-state index in [0.717, 1.165) is 19.3 Å². The molecule has 1 unspecified atom stereocenters. The van der Waals surface area contributed by atoms with E-state index in [1.54, 1.807) is 0 Å². The van der Waals surface area contributed by atoms with Gasteiger partial charge in [-0.1, -0.05) is 25.5 Å². The molecule has 82 valence electrons. The van der Waals surface area contributed by atoms with Crippen molar-refractivity contribution in [2.24, 2.45) is 17.3 Å². The van der Waals surface area contributed by atoms with E-state index in [1.807, 2.05) is 6.08 Å². The van der Waals surface area contributed by atoms with Crippen LogP contribution in [0.15, 0.2) is 24.3 Å². The van der Waals surface area contributed by atoms with Crippen LogP contribution in [0.1, 0.15) is 39.5 Å². The molecule has 1 saturated carbocycles. The van der Waals surface area contributed by atoms with E-state index < -0.39 is 0 Å². The van der Waals surface area contributed by atoms with E-state index >= 15 is 0 Å². The predicted molar refractivity (Wildman–Crippen MR) is 62.5 cm³/mol. The van der Waals surface area contributed by atoms with Gasteiger partial charge in [0.1, 0.15) is 0 Å². The summed E-state index contributed by atoms with van der Waals surface area (Å²) in [6.45, 7) is 8.52. The average molecular weight is 204 g/mol. The molecule has 0 radical (unpaired) electrons.